The molecular formula is C6H5NO3S2. The zero-order valence-electron chi connectivity index (χ0n) is 6.14. The zero-order valence-corrected chi connectivity index (χ0v) is 7.78. The van der Waals surface area contributed by atoms with Crippen molar-refractivity contribution in [2.45, 2.75) is 4.90 Å². The summed E-state index contributed by atoms with van der Waals surface area (Å²) in [5.74, 6) is -0.439. The summed E-state index contributed by atoms with van der Waals surface area (Å²) >= 11 is 1.22. The van der Waals surface area contributed by atoms with Gasteiger partial charge < -0.3 is 0 Å². The number of sulfonamides is 1. The van der Waals surface area contributed by atoms with E-state index in [9.17, 15) is 13.2 Å². The van der Waals surface area contributed by atoms with Crippen LogP contribution in [0.5, 0.6) is 0 Å². The van der Waals surface area contributed by atoms with Crippen LogP contribution in [0.4, 0.5) is 0 Å². The van der Waals surface area contributed by atoms with Crippen LogP contribution in [0.3, 0.4) is 0 Å². The Kier molecular flexibility index (Phi) is 1.34. The van der Waals surface area contributed by atoms with Crippen molar-refractivity contribution < 1.29 is 13.2 Å². The molecule has 64 valence electrons. The minimum absolute atomic E-state index is 0.139. The van der Waals surface area contributed by atoms with Crippen LogP contribution in [0, 0.1) is 0 Å². The van der Waals surface area contributed by atoms with Gasteiger partial charge in [-0.25, -0.2) is 12.7 Å². The van der Waals surface area contributed by atoms with E-state index in [0.29, 0.717) is 5.56 Å². The fourth-order valence-electron chi connectivity index (χ4n) is 1.07. The lowest BCUT2D eigenvalue weighted by Crippen LogP contribution is -2.24. The molecule has 1 aromatic rings. The summed E-state index contributed by atoms with van der Waals surface area (Å²) in [6.07, 6.45) is 0. The lowest BCUT2D eigenvalue weighted by atomic mass is 10.3. The van der Waals surface area contributed by atoms with E-state index in [1.165, 1.54) is 23.8 Å². The highest BCUT2D eigenvalue weighted by atomic mass is 32.2. The molecule has 6 heteroatoms. The standard InChI is InChI=1S/C6H5NO3S2/c1-7-6(8)4-2-11-3-5(4)12(7,9)10/h2-3H,1H3. The van der Waals surface area contributed by atoms with E-state index in [-0.39, 0.29) is 4.90 Å². The monoisotopic (exact) mass is 203 g/mol. The second kappa shape index (κ2) is 2.08. The van der Waals surface area contributed by atoms with Crippen LogP contribution in [0.1, 0.15) is 10.4 Å². The number of amides is 1. The molecule has 0 saturated carbocycles. The highest BCUT2D eigenvalue weighted by molar-refractivity contribution is 7.90. The first-order valence-electron chi connectivity index (χ1n) is 3.14. The molecule has 0 spiro atoms. The number of hydrogen-bond acceptors (Lipinski definition) is 4. The summed E-state index contributed by atoms with van der Waals surface area (Å²) in [5.41, 5.74) is 0.294. The molecular weight excluding hydrogens is 198 g/mol. The molecule has 0 radical (unpaired) electrons. The number of rotatable bonds is 0. The third-order valence-electron chi connectivity index (χ3n) is 1.78. The van der Waals surface area contributed by atoms with Gasteiger partial charge in [0.05, 0.1) is 5.56 Å². The van der Waals surface area contributed by atoms with Crippen molar-refractivity contribution in [3.05, 3.63) is 16.3 Å². The minimum atomic E-state index is -3.50. The molecule has 1 aliphatic heterocycles. The number of thiophene rings is 1. The van der Waals surface area contributed by atoms with E-state index >= 15 is 0 Å². The fraction of sp³-hybridized carbons (Fsp3) is 0.167. The Labute approximate surface area is 73.5 Å². The van der Waals surface area contributed by atoms with Crippen molar-refractivity contribution in [2.24, 2.45) is 0 Å². The summed E-state index contributed by atoms with van der Waals surface area (Å²) < 4.78 is 23.5. The van der Waals surface area contributed by atoms with E-state index < -0.39 is 15.9 Å². The maximum atomic E-state index is 11.4. The van der Waals surface area contributed by atoms with Crippen molar-refractivity contribution in [3.63, 3.8) is 0 Å². The van der Waals surface area contributed by atoms with Gasteiger partial charge in [-0.15, -0.1) is 0 Å². The molecule has 0 aliphatic carbocycles. The molecule has 4 nitrogen and oxygen atoms in total. The van der Waals surface area contributed by atoms with E-state index in [1.54, 1.807) is 5.38 Å². The number of hydrogen-bond donors (Lipinski definition) is 0. The predicted molar refractivity (Wildman–Crippen MR) is 43.6 cm³/mol. The Hall–Kier alpha value is -0.880. The van der Waals surface area contributed by atoms with Crippen LogP contribution in [-0.2, 0) is 10.0 Å². The molecule has 0 aromatic carbocycles. The van der Waals surface area contributed by atoms with Crippen LogP contribution in [-0.4, -0.2) is 25.7 Å². The summed E-state index contributed by atoms with van der Waals surface area (Å²) in [5, 5.41) is 3.03. The molecule has 1 amide bonds. The van der Waals surface area contributed by atoms with Gasteiger partial charge in [-0.3, -0.25) is 4.79 Å². The largest absolute Gasteiger partial charge is 0.269 e. The minimum Gasteiger partial charge on any atom is -0.268 e. The third kappa shape index (κ3) is 0.709. The van der Waals surface area contributed by atoms with Crippen LogP contribution in [0.15, 0.2) is 15.7 Å². The van der Waals surface area contributed by atoms with Gasteiger partial charge in [0.25, 0.3) is 15.9 Å². The van der Waals surface area contributed by atoms with E-state index in [0.717, 1.165) is 4.31 Å². The molecule has 0 fully saturated rings. The van der Waals surface area contributed by atoms with Gasteiger partial charge >= 0.3 is 0 Å². The molecule has 2 heterocycles. The van der Waals surface area contributed by atoms with Crippen molar-refractivity contribution in [2.75, 3.05) is 7.05 Å². The Morgan fingerprint density at radius 1 is 1.42 bits per heavy atom. The Morgan fingerprint density at radius 2 is 2.08 bits per heavy atom. The Morgan fingerprint density at radius 3 is 2.67 bits per heavy atom. The number of nitrogens with zero attached hydrogens (tertiary/aromatic N) is 1. The Bertz CT molecular complexity index is 445. The van der Waals surface area contributed by atoms with Crippen LogP contribution in [0.25, 0.3) is 0 Å². The van der Waals surface area contributed by atoms with E-state index in [1.807, 2.05) is 0 Å². The molecule has 0 N–H and O–H groups in total. The molecule has 2 rings (SSSR count). The van der Waals surface area contributed by atoms with Gasteiger partial charge in [-0.2, -0.15) is 11.3 Å². The quantitative estimate of drug-likeness (QED) is 0.617. The van der Waals surface area contributed by atoms with E-state index in [4.69, 9.17) is 0 Å². The van der Waals surface area contributed by atoms with Gasteiger partial charge in [0, 0.05) is 17.8 Å². The highest BCUT2D eigenvalue weighted by Crippen LogP contribution is 2.31. The molecule has 12 heavy (non-hydrogen) atoms. The lowest BCUT2D eigenvalue weighted by molar-refractivity contribution is 0.0892. The lowest BCUT2D eigenvalue weighted by Gasteiger charge is -2.05. The number of carbonyl (C=O) groups excluding carboxylic acids is 1. The van der Waals surface area contributed by atoms with Gasteiger partial charge in [0.15, 0.2) is 0 Å². The third-order valence-corrected chi connectivity index (χ3v) is 4.45. The molecule has 1 aromatic heterocycles. The van der Waals surface area contributed by atoms with E-state index in [2.05, 4.69) is 0 Å². The maximum Gasteiger partial charge on any atom is 0.269 e. The van der Waals surface area contributed by atoms with Crippen molar-refractivity contribution >= 4 is 27.3 Å². The molecule has 0 bridgehead atoms. The zero-order chi connectivity index (χ0) is 8.93. The maximum absolute atomic E-state index is 11.4. The average Bonchev–Trinajstić information content (AvgIpc) is 2.54. The molecule has 0 atom stereocenters. The highest BCUT2D eigenvalue weighted by Gasteiger charge is 2.39. The van der Waals surface area contributed by atoms with Gasteiger partial charge in [-0.1, -0.05) is 0 Å². The number of fused-ring (bicyclic) bond motifs is 1. The average molecular weight is 203 g/mol. The van der Waals surface area contributed by atoms with Gasteiger partial charge in [0.1, 0.15) is 4.90 Å². The second-order valence-corrected chi connectivity index (χ2v) is 5.11. The van der Waals surface area contributed by atoms with Crippen molar-refractivity contribution in [1.82, 2.24) is 4.31 Å². The molecule has 0 unspecified atom stereocenters. The summed E-state index contributed by atoms with van der Waals surface area (Å²) in [6, 6.07) is 0. The SMILES string of the molecule is CN1C(=O)c2cscc2S1(=O)=O. The summed E-state index contributed by atoms with van der Waals surface area (Å²) in [7, 11) is -2.23. The Balaban J connectivity index is 2.82. The fourth-order valence-corrected chi connectivity index (χ4v) is 3.51. The first kappa shape index (κ1) is 7.75. The second-order valence-electron chi connectivity index (χ2n) is 2.43. The van der Waals surface area contributed by atoms with Crippen LogP contribution in [0.2, 0.25) is 0 Å². The van der Waals surface area contributed by atoms with Crippen molar-refractivity contribution in [3.8, 4) is 0 Å². The topological polar surface area (TPSA) is 54.5 Å². The van der Waals surface area contributed by atoms with Crippen molar-refractivity contribution in [1.29, 1.82) is 0 Å². The van der Waals surface area contributed by atoms with Gasteiger partial charge in [0.2, 0.25) is 0 Å². The smallest absolute Gasteiger partial charge is 0.268 e. The first-order valence-corrected chi connectivity index (χ1v) is 5.53. The van der Waals surface area contributed by atoms with Crippen LogP contribution < -0.4 is 0 Å². The molecule has 0 saturated heterocycles. The summed E-state index contributed by atoms with van der Waals surface area (Å²) in [6.45, 7) is 0. The summed E-state index contributed by atoms with van der Waals surface area (Å²) in [4.78, 5) is 11.4. The molecule has 1 aliphatic rings. The van der Waals surface area contributed by atoms with Gasteiger partial charge in [-0.05, 0) is 0 Å². The number of carbonyl (C=O) groups is 1. The normalized spacial score (nSPS) is 19.8. The first-order chi connectivity index (χ1) is 5.55. The van der Waals surface area contributed by atoms with Crippen LogP contribution >= 0.6 is 11.3 Å². The predicted octanol–water partition coefficient (Wildman–Crippen LogP) is 0.522.